The third-order valence-corrected chi connectivity index (χ3v) is 8.99. The van der Waals surface area contributed by atoms with Crippen molar-refractivity contribution in [3.63, 3.8) is 0 Å². The first-order chi connectivity index (χ1) is 18.3. The molecule has 200 valence electrons. The van der Waals surface area contributed by atoms with Crippen LogP contribution in [-0.2, 0) is 5.41 Å². The predicted molar refractivity (Wildman–Crippen MR) is 145 cm³/mol. The number of likely N-dealkylation sites (tertiary alicyclic amines) is 1. The zero-order valence-corrected chi connectivity index (χ0v) is 22.0. The van der Waals surface area contributed by atoms with E-state index in [0.29, 0.717) is 35.5 Å². The van der Waals surface area contributed by atoms with Crippen LogP contribution in [0.25, 0.3) is 17.4 Å². The summed E-state index contributed by atoms with van der Waals surface area (Å²) in [5, 5.41) is 11.1. The Kier molecular flexibility index (Phi) is 6.60. The van der Waals surface area contributed by atoms with E-state index in [1.54, 1.807) is 6.92 Å². The number of oxazole rings is 1. The molecule has 0 amide bonds. The maximum atomic E-state index is 13.7. The number of aliphatic hydroxyl groups excluding tert-OH is 1. The first kappa shape index (κ1) is 25.3. The normalized spacial score (nSPS) is 24.8. The van der Waals surface area contributed by atoms with Crippen molar-refractivity contribution in [3.8, 4) is 11.3 Å². The minimum absolute atomic E-state index is 0.119. The number of aromatic nitrogens is 1. The molecule has 38 heavy (non-hydrogen) atoms. The van der Waals surface area contributed by atoms with E-state index in [1.807, 2.05) is 0 Å². The number of aryl methyl sites for hydroxylation is 1. The van der Waals surface area contributed by atoms with E-state index in [4.69, 9.17) is 4.42 Å². The average molecular weight is 520 g/mol. The van der Waals surface area contributed by atoms with Gasteiger partial charge in [0.15, 0.2) is 5.76 Å². The van der Waals surface area contributed by atoms with Crippen molar-refractivity contribution in [2.24, 2.45) is 11.8 Å². The van der Waals surface area contributed by atoms with Crippen LogP contribution in [0.5, 0.6) is 0 Å². The highest BCUT2D eigenvalue weighted by atomic mass is 19.1. The fraction of sp³-hybridized carbons (Fsp3) is 0.452. The lowest BCUT2D eigenvalue weighted by Crippen LogP contribution is -2.50. The fourth-order valence-electron chi connectivity index (χ4n) is 6.80. The second-order valence-corrected chi connectivity index (χ2v) is 11.3. The lowest BCUT2D eigenvalue weighted by Gasteiger charge is -2.45. The predicted octanol–water partition coefficient (Wildman–Crippen LogP) is 5.81. The Hall–Kier alpha value is -3.03. The summed E-state index contributed by atoms with van der Waals surface area (Å²) in [5.74, 6) is -0.196. The zero-order valence-electron chi connectivity index (χ0n) is 22.0. The van der Waals surface area contributed by atoms with Gasteiger partial charge in [0.1, 0.15) is 11.6 Å². The molecule has 1 aliphatic carbocycles. The van der Waals surface area contributed by atoms with Crippen LogP contribution in [-0.4, -0.2) is 53.8 Å². The van der Waals surface area contributed by atoms with Gasteiger partial charge in [-0.05, 0) is 67.8 Å². The first-order valence-electron chi connectivity index (χ1n) is 13.7. The molecule has 0 bridgehead atoms. The summed E-state index contributed by atoms with van der Waals surface area (Å²) in [4.78, 5) is 9.03. The van der Waals surface area contributed by atoms with Gasteiger partial charge in [-0.25, -0.2) is 8.78 Å². The number of fused-ring (bicyclic) bond motifs is 2. The van der Waals surface area contributed by atoms with Crippen molar-refractivity contribution in [3.05, 3.63) is 77.0 Å². The van der Waals surface area contributed by atoms with E-state index in [0.717, 1.165) is 51.5 Å². The minimum Gasteiger partial charge on any atom is -0.423 e. The molecular weight excluding hydrogens is 484 g/mol. The zero-order chi connectivity index (χ0) is 26.4. The number of anilines is 1. The van der Waals surface area contributed by atoms with Crippen LogP contribution in [0.15, 0.2) is 53.0 Å². The van der Waals surface area contributed by atoms with Gasteiger partial charge in [0.05, 0.1) is 11.8 Å². The Morgan fingerprint density at radius 3 is 2.58 bits per heavy atom. The summed E-state index contributed by atoms with van der Waals surface area (Å²) in [6.45, 7) is 8.23. The van der Waals surface area contributed by atoms with Crippen LogP contribution in [0.2, 0.25) is 0 Å². The van der Waals surface area contributed by atoms with Crippen molar-refractivity contribution in [1.29, 1.82) is 0 Å². The number of hydrogen-bond acceptors (Lipinski definition) is 5. The number of aliphatic hydroxyl groups is 1. The van der Waals surface area contributed by atoms with Gasteiger partial charge in [0.25, 0.3) is 6.01 Å². The molecule has 1 N–H and O–H groups in total. The van der Waals surface area contributed by atoms with Gasteiger partial charge < -0.3 is 19.3 Å². The van der Waals surface area contributed by atoms with Crippen molar-refractivity contribution in [1.82, 2.24) is 9.88 Å². The molecular formula is C31H35F2N3O2. The number of hydrogen-bond donors (Lipinski definition) is 1. The number of halogens is 2. The molecule has 6 rings (SSSR count). The molecule has 5 nitrogen and oxygen atoms in total. The van der Waals surface area contributed by atoms with Gasteiger partial charge in [-0.3, -0.25) is 0 Å². The molecule has 7 heteroatoms. The van der Waals surface area contributed by atoms with E-state index in [2.05, 4.69) is 58.1 Å². The summed E-state index contributed by atoms with van der Waals surface area (Å²) in [6.07, 6.45) is 7.08. The molecule has 2 aromatic carbocycles. The highest BCUT2D eigenvalue weighted by molar-refractivity contribution is 5.65. The third-order valence-electron chi connectivity index (χ3n) is 8.99. The maximum absolute atomic E-state index is 13.7. The number of β-amino-alcohol motifs (C(OH)–C–C–N with tert-alkyl or cyclic N) is 1. The number of benzene rings is 2. The van der Waals surface area contributed by atoms with E-state index >= 15 is 0 Å². The molecule has 2 aliphatic heterocycles. The molecule has 2 fully saturated rings. The van der Waals surface area contributed by atoms with E-state index in [1.165, 1.54) is 23.3 Å². The monoisotopic (exact) mass is 519 g/mol. The molecule has 1 aromatic heterocycles. The maximum Gasteiger partial charge on any atom is 0.298 e. The molecule has 3 heterocycles. The highest BCUT2D eigenvalue weighted by Gasteiger charge is 2.43. The summed E-state index contributed by atoms with van der Waals surface area (Å²) in [7, 11) is 0. The Morgan fingerprint density at radius 2 is 1.84 bits per heavy atom. The fourth-order valence-corrected chi connectivity index (χ4v) is 6.80. The Bertz CT molecular complexity index is 1330. The largest absolute Gasteiger partial charge is 0.423 e. The lowest BCUT2D eigenvalue weighted by molar-refractivity contribution is 0.0285. The highest BCUT2D eigenvalue weighted by Crippen LogP contribution is 2.47. The van der Waals surface area contributed by atoms with Crippen molar-refractivity contribution < 1.29 is 18.3 Å². The summed E-state index contributed by atoms with van der Waals surface area (Å²) >= 11 is 0. The number of nitrogens with zero attached hydrogens (tertiary/aromatic N) is 3. The number of allylic oxidation sites excluding steroid dienone is 1. The van der Waals surface area contributed by atoms with Crippen molar-refractivity contribution >= 4 is 12.1 Å². The topological polar surface area (TPSA) is 52.7 Å². The third kappa shape index (κ3) is 4.56. The molecule has 2 saturated heterocycles. The standard InChI is InChI=1S/C31H35F2N3O2/c1-20-18-35(14-11-31(20)10-7-22-5-3-4-6-27(22)31)19-28(37)23-8-12-36(13-9-23)30-34-21(2)29(38-30)24-15-25(32)17-26(33)16-24/h3-7,10,15-17,20,23,28,37H,8-9,11-14,18-19H2,1-2H3/t20?,28-,31?/m1/s1. The first-order valence-corrected chi connectivity index (χ1v) is 13.7. The summed E-state index contributed by atoms with van der Waals surface area (Å²) < 4.78 is 33.4. The molecule has 3 atom stereocenters. The second-order valence-electron chi connectivity index (χ2n) is 11.3. The molecule has 3 aromatic rings. The Morgan fingerprint density at radius 1 is 1.11 bits per heavy atom. The molecule has 3 aliphatic rings. The van der Waals surface area contributed by atoms with Crippen LogP contribution in [0.1, 0.15) is 43.0 Å². The van der Waals surface area contributed by atoms with Gasteiger partial charge in [-0.15, -0.1) is 0 Å². The van der Waals surface area contributed by atoms with Crippen molar-refractivity contribution in [2.45, 2.75) is 44.6 Å². The van der Waals surface area contributed by atoms with Gasteiger partial charge >= 0.3 is 0 Å². The Balaban J connectivity index is 1.04. The van der Waals surface area contributed by atoms with Gasteiger partial charge in [-0.1, -0.05) is 43.3 Å². The van der Waals surface area contributed by atoms with Crippen molar-refractivity contribution in [2.75, 3.05) is 37.6 Å². The number of piperidine rings is 2. The molecule has 0 radical (unpaired) electrons. The van der Waals surface area contributed by atoms with Crippen LogP contribution in [0, 0.1) is 30.4 Å². The van der Waals surface area contributed by atoms with Gasteiger partial charge in [0.2, 0.25) is 0 Å². The molecule has 0 saturated carbocycles. The second kappa shape index (κ2) is 9.93. The lowest BCUT2D eigenvalue weighted by atomic mass is 9.68. The van der Waals surface area contributed by atoms with E-state index < -0.39 is 11.6 Å². The number of rotatable bonds is 5. The van der Waals surface area contributed by atoms with E-state index in [-0.39, 0.29) is 17.4 Å². The average Bonchev–Trinajstić information content (AvgIpc) is 3.47. The molecule has 2 unspecified atom stereocenters. The van der Waals surface area contributed by atoms with Crippen LogP contribution in [0.4, 0.5) is 14.8 Å². The minimum atomic E-state index is -0.644. The van der Waals surface area contributed by atoms with Gasteiger partial charge in [-0.2, -0.15) is 4.98 Å². The molecule has 1 spiro atoms. The van der Waals surface area contributed by atoms with E-state index in [9.17, 15) is 13.9 Å². The van der Waals surface area contributed by atoms with Gasteiger partial charge in [0, 0.05) is 43.2 Å². The SMILES string of the molecule is Cc1nc(N2CCC([C@H](O)CN3CCC4(C=Cc5ccccc54)C(C)C3)CC2)oc1-c1cc(F)cc(F)c1. The van der Waals surface area contributed by atoms with Crippen LogP contribution < -0.4 is 4.90 Å². The summed E-state index contributed by atoms with van der Waals surface area (Å²) in [5.41, 5.74) is 3.86. The smallest absolute Gasteiger partial charge is 0.298 e. The van der Waals surface area contributed by atoms with Crippen LogP contribution >= 0.6 is 0 Å². The summed E-state index contributed by atoms with van der Waals surface area (Å²) in [6, 6.07) is 12.6. The quantitative estimate of drug-likeness (QED) is 0.461. The van der Waals surface area contributed by atoms with Crippen LogP contribution in [0.3, 0.4) is 0 Å². The Labute approximate surface area is 222 Å².